The van der Waals surface area contributed by atoms with Crippen LogP contribution in [0, 0.1) is 13.8 Å². The number of amides is 3. The molecular weight excluding hydrogens is 290 g/mol. The number of hydrogen-bond donors (Lipinski definition) is 2. The van der Waals surface area contributed by atoms with Crippen LogP contribution < -0.4 is 10.6 Å². The van der Waals surface area contributed by atoms with E-state index in [2.05, 4.69) is 22.5 Å². The molecule has 1 fully saturated rings. The minimum absolute atomic E-state index is 0.249. The molecule has 0 radical (unpaired) electrons. The van der Waals surface area contributed by atoms with E-state index in [0.717, 1.165) is 36.2 Å². The summed E-state index contributed by atoms with van der Waals surface area (Å²) in [5.41, 5.74) is 2.85. The van der Waals surface area contributed by atoms with Gasteiger partial charge in [0.05, 0.1) is 6.54 Å². The van der Waals surface area contributed by atoms with Crippen LogP contribution in [0.3, 0.4) is 0 Å². The molecule has 2 rings (SSSR count). The molecule has 0 saturated heterocycles. The third-order valence-electron chi connectivity index (χ3n) is 4.70. The molecule has 0 atom stereocenters. The fraction of sp³-hybridized carbons (Fsp3) is 0.556. The Morgan fingerprint density at radius 3 is 2.57 bits per heavy atom. The SMILES string of the molecule is CCN(CC(=O)NC(=O)Nc1cccc(C)c1C)C1CCCC1. The molecule has 0 heterocycles. The van der Waals surface area contributed by atoms with Crippen LogP contribution in [0.5, 0.6) is 0 Å². The van der Waals surface area contributed by atoms with Crippen LogP contribution >= 0.6 is 0 Å². The second-order valence-electron chi connectivity index (χ2n) is 6.25. The largest absolute Gasteiger partial charge is 0.325 e. The highest BCUT2D eigenvalue weighted by molar-refractivity contribution is 6.02. The van der Waals surface area contributed by atoms with E-state index in [0.29, 0.717) is 6.04 Å². The van der Waals surface area contributed by atoms with Gasteiger partial charge in [0.15, 0.2) is 0 Å². The molecule has 1 aromatic carbocycles. The molecule has 0 unspecified atom stereocenters. The van der Waals surface area contributed by atoms with E-state index < -0.39 is 6.03 Å². The number of aryl methyl sites for hydroxylation is 1. The Labute approximate surface area is 138 Å². The summed E-state index contributed by atoms with van der Waals surface area (Å²) in [4.78, 5) is 26.3. The van der Waals surface area contributed by atoms with Gasteiger partial charge in [-0.25, -0.2) is 4.79 Å². The third kappa shape index (κ3) is 4.79. The summed E-state index contributed by atoms with van der Waals surface area (Å²) in [5, 5.41) is 5.19. The predicted octanol–water partition coefficient (Wildman–Crippen LogP) is 3.22. The monoisotopic (exact) mass is 317 g/mol. The van der Waals surface area contributed by atoms with Crippen molar-refractivity contribution in [2.75, 3.05) is 18.4 Å². The molecule has 0 aliphatic heterocycles. The Balaban J connectivity index is 1.86. The van der Waals surface area contributed by atoms with E-state index in [-0.39, 0.29) is 12.5 Å². The van der Waals surface area contributed by atoms with Gasteiger partial charge in [-0.2, -0.15) is 0 Å². The van der Waals surface area contributed by atoms with Crippen LogP contribution in [-0.2, 0) is 4.79 Å². The Morgan fingerprint density at radius 1 is 1.22 bits per heavy atom. The molecule has 3 amide bonds. The zero-order chi connectivity index (χ0) is 16.8. The smallest absolute Gasteiger partial charge is 0.307 e. The van der Waals surface area contributed by atoms with Crippen molar-refractivity contribution in [2.45, 2.75) is 52.5 Å². The van der Waals surface area contributed by atoms with Gasteiger partial charge < -0.3 is 5.32 Å². The summed E-state index contributed by atoms with van der Waals surface area (Å²) in [6.07, 6.45) is 4.76. The molecule has 1 aromatic rings. The number of nitrogens with zero attached hydrogens (tertiary/aromatic N) is 1. The Bertz CT molecular complexity index is 565. The topological polar surface area (TPSA) is 61.4 Å². The van der Waals surface area contributed by atoms with Gasteiger partial charge in [-0.3, -0.25) is 15.0 Å². The zero-order valence-electron chi connectivity index (χ0n) is 14.3. The number of carbonyl (C=O) groups excluding carboxylic acids is 2. The molecular formula is C18H27N3O2. The number of urea groups is 1. The molecule has 0 bridgehead atoms. The van der Waals surface area contributed by atoms with Crippen LogP contribution in [0.4, 0.5) is 10.5 Å². The highest BCUT2D eigenvalue weighted by Gasteiger charge is 2.23. The molecule has 126 valence electrons. The van der Waals surface area contributed by atoms with E-state index in [1.54, 1.807) is 0 Å². The number of hydrogen-bond acceptors (Lipinski definition) is 3. The third-order valence-corrected chi connectivity index (χ3v) is 4.70. The van der Waals surface area contributed by atoms with E-state index in [4.69, 9.17) is 0 Å². The van der Waals surface area contributed by atoms with Crippen molar-refractivity contribution < 1.29 is 9.59 Å². The van der Waals surface area contributed by atoms with Crippen LogP contribution in [0.25, 0.3) is 0 Å². The number of anilines is 1. The fourth-order valence-corrected chi connectivity index (χ4v) is 3.16. The van der Waals surface area contributed by atoms with Crippen molar-refractivity contribution in [1.82, 2.24) is 10.2 Å². The van der Waals surface area contributed by atoms with Crippen molar-refractivity contribution in [3.63, 3.8) is 0 Å². The summed E-state index contributed by atoms with van der Waals surface area (Å²) in [6.45, 7) is 7.11. The van der Waals surface area contributed by atoms with Gasteiger partial charge in [0, 0.05) is 11.7 Å². The molecule has 0 spiro atoms. The number of likely N-dealkylation sites (N-methyl/N-ethyl adjacent to an activating group) is 1. The quantitative estimate of drug-likeness (QED) is 0.876. The van der Waals surface area contributed by atoms with Gasteiger partial charge in [0.1, 0.15) is 0 Å². The molecule has 5 heteroatoms. The Morgan fingerprint density at radius 2 is 1.91 bits per heavy atom. The first-order valence-electron chi connectivity index (χ1n) is 8.42. The van der Waals surface area contributed by atoms with Gasteiger partial charge in [-0.1, -0.05) is 31.9 Å². The molecule has 23 heavy (non-hydrogen) atoms. The van der Waals surface area contributed by atoms with E-state index in [1.807, 2.05) is 32.0 Å². The molecule has 1 saturated carbocycles. The lowest BCUT2D eigenvalue weighted by atomic mass is 10.1. The maximum Gasteiger partial charge on any atom is 0.325 e. The minimum Gasteiger partial charge on any atom is -0.307 e. The highest BCUT2D eigenvalue weighted by Crippen LogP contribution is 2.23. The van der Waals surface area contributed by atoms with Crippen LogP contribution in [-0.4, -0.2) is 36.0 Å². The number of imide groups is 1. The lowest BCUT2D eigenvalue weighted by Gasteiger charge is -2.26. The maximum atomic E-state index is 12.1. The minimum atomic E-state index is -0.467. The first kappa shape index (κ1) is 17.5. The number of carbonyl (C=O) groups is 2. The lowest BCUT2D eigenvalue weighted by molar-refractivity contribution is -0.121. The van der Waals surface area contributed by atoms with Gasteiger partial charge in [-0.05, 0) is 50.4 Å². The number of benzene rings is 1. The van der Waals surface area contributed by atoms with Gasteiger partial charge in [-0.15, -0.1) is 0 Å². The number of rotatable bonds is 5. The van der Waals surface area contributed by atoms with Crippen LogP contribution in [0.1, 0.15) is 43.7 Å². The predicted molar refractivity (Wildman–Crippen MR) is 92.6 cm³/mol. The van der Waals surface area contributed by atoms with Gasteiger partial charge >= 0.3 is 6.03 Å². The average Bonchev–Trinajstić information content (AvgIpc) is 3.03. The normalized spacial score (nSPS) is 15.0. The summed E-state index contributed by atoms with van der Waals surface area (Å²) in [5.74, 6) is -0.249. The first-order valence-corrected chi connectivity index (χ1v) is 8.42. The van der Waals surface area contributed by atoms with Crippen molar-refractivity contribution in [3.05, 3.63) is 29.3 Å². The fourth-order valence-electron chi connectivity index (χ4n) is 3.16. The lowest BCUT2D eigenvalue weighted by Crippen LogP contribution is -2.44. The van der Waals surface area contributed by atoms with E-state index in [1.165, 1.54) is 12.8 Å². The summed E-state index contributed by atoms with van der Waals surface area (Å²) in [6, 6.07) is 5.73. The Kier molecular flexibility index (Phi) is 6.16. The van der Waals surface area contributed by atoms with Crippen molar-refractivity contribution in [3.8, 4) is 0 Å². The van der Waals surface area contributed by atoms with Gasteiger partial charge in [0.25, 0.3) is 0 Å². The second-order valence-corrected chi connectivity index (χ2v) is 6.25. The van der Waals surface area contributed by atoms with Crippen LogP contribution in [0.15, 0.2) is 18.2 Å². The summed E-state index contributed by atoms with van der Waals surface area (Å²) >= 11 is 0. The second kappa shape index (κ2) is 8.11. The number of nitrogens with one attached hydrogen (secondary N) is 2. The maximum absolute atomic E-state index is 12.1. The summed E-state index contributed by atoms with van der Waals surface area (Å²) < 4.78 is 0. The molecule has 0 aromatic heterocycles. The Hall–Kier alpha value is -1.88. The van der Waals surface area contributed by atoms with E-state index in [9.17, 15) is 9.59 Å². The first-order chi connectivity index (χ1) is 11.0. The van der Waals surface area contributed by atoms with Crippen molar-refractivity contribution >= 4 is 17.6 Å². The van der Waals surface area contributed by atoms with Crippen molar-refractivity contribution in [1.29, 1.82) is 0 Å². The summed E-state index contributed by atoms with van der Waals surface area (Å²) in [7, 11) is 0. The standard InChI is InChI=1S/C18H27N3O2/c1-4-21(15-9-5-6-10-15)12-17(22)20-18(23)19-16-11-7-8-13(2)14(16)3/h7-8,11,15H,4-6,9-10,12H2,1-3H3,(H2,19,20,22,23). The molecule has 5 nitrogen and oxygen atoms in total. The van der Waals surface area contributed by atoms with E-state index >= 15 is 0 Å². The zero-order valence-corrected chi connectivity index (χ0v) is 14.3. The molecule has 1 aliphatic rings. The van der Waals surface area contributed by atoms with Crippen LogP contribution in [0.2, 0.25) is 0 Å². The van der Waals surface area contributed by atoms with Gasteiger partial charge in [0.2, 0.25) is 5.91 Å². The molecule has 2 N–H and O–H groups in total. The highest BCUT2D eigenvalue weighted by atomic mass is 16.2. The average molecular weight is 317 g/mol. The molecule has 1 aliphatic carbocycles. The van der Waals surface area contributed by atoms with Crippen molar-refractivity contribution in [2.24, 2.45) is 0 Å².